The molecule has 0 aromatic carbocycles. The van der Waals surface area contributed by atoms with Gasteiger partial charge in [-0.3, -0.25) is 4.79 Å². The molecule has 1 aromatic rings. The topological polar surface area (TPSA) is 105 Å². The molecular formula is C9H13N3O3S. The number of rotatable bonds is 3. The van der Waals surface area contributed by atoms with E-state index in [1.807, 2.05) is 0 Å². The normalized spacial score (nSPS) is 11.2. The first-order valence-electron chi connectivity index (χ1n) is 4.53. The first kappa shape index (κ1) is 12.6. The van der Waals surface area contributed by atoms with Crippen molar-refractivity contribution in [1.29, 1.82) is 0 Å². The molecule has 0 aliphatic carbocycles. The van der Waals surface area contributed by atoms with Gasteiger partial charge in [0.05, 0.1) is 11.2 Å². The molecular weight excluding hydrogens is 230 g/mol. The van der Waals surface area contributed by atoms with Crippen LogP contribution in [0.15, 0.2) is 0 Å². The van der Waals surface area contributed by atoms with Crippen molar-refractivity contribution in [3.8, 4) is 0 Å². The average molecular weight is 243 g/mol. The Balaban J connectivity index is 2.99. The summed E-state index contributed by atoms with van der Waals surface area (Å²) >= 11 is 0.931. The summed E-state index contributed by atoms with van der Waals surface area (Å²) < 4.78 is 3.88. The summed E-state index contributed by atoms with van der Waals surface area (Å²) in [4.78, 5) is 22.5. The Kier molecular flexibility index (Phi) is 3.30. The summed E-state index contributed by atoms with van der Waals surface area (Å²) in [7, 11) is 0. The van der Waals surface area contributed by atoms with Gasteiger partial charge in [-0.2, -0.15) is 4.37 Å². The lowest BCUT2D eigenvalue weighted by atomic mass is 10.1. The lowest BCUT2D eigenvalue weighted by Crippen LogP contribution is -2.45. The van der Waals surface area contributed by atoms with Crippen LogP contribution in [0.4, 0.5) is 5.00 Å². The van der Waals surface area contributed by atoms with E-state index in [2.05, 4.69) is 9.69 Å². The molecule has 1 rings (SSSR count). The number of carboxylic acids is 1. The van der Waals surface area contributed by atoms with E-state index >= 15 is 0 Å². The summed E-state index contributed by atoms with van der Waals surface area (Å²) in [5, 5.41) is 11.6. The Bertz CT molecular complexity index is 434. The quantitative estimate of drug-likeness (QED) is 0.729. The summed E-state index contributed by atoms with van der Waals surface area (Å²) in [5.74, 6) is -1.56. The minimum atomic E-state index is -1.11. The van der Waals surface area contributed by atoms with Crippen molar-refractivity contribution in [2.75, 3.05) is 5.32 Å². The van der Waals surface area contributed by atoms with E-state index in [0.717, 1.165) is 11.5 Å². The molecule has 1 amide bonds. The molecule has 16 heavy (non-hydrogen) atoms. The van der Waals surface area contributed by atoms with Crippen LogP contribution in [0.25, 0.3) is 0 Å². The molecule has 0 unspecified atom stereocenters. The maximum Gasteiger partial charge on any atom is 0.340 e. The van der Waals surface area contributed by atoms with Crippen LogP contribution < -0.4 is 11.1 Å². The Morgan fingerprint density at radius 2 is 2.06 bits per heavy atom. The van der Waals surface area contributed by atoms with Crippen LogP contribution in [0.5, 0.6) is 0 Å². The maximum absolute atomic E-state index is 11.6. The molecule has 0 atom stereocenters. The van der Waals surface area contributed by atoms with Gasteiger partial charge in [0, 0.05) is 0 Å². The van der Waals surface area contributed by atoms with E-state index in [1.54, 1.807) is 6.92 Å². The van der Waals surface area contributed by atoms with Crippen molar-refractivity contribution in [2.24, 2.45) is 5.73 Å². The Morgan fingerprint density at radius 3 is 2.50 bits per heavy atom. The predicted octanol–water partition coefficient (Wildman–Crippen LogP) is 0.826. The van der Waals surface area contributed by atoms with Gasteiger partial charge in [0.25, 0.3) is 0 Å². The number of nitrogens with two attached hydrogens (primary N) is 1. The van der Waals surface area contributed by atoms with Gasteiger partial charge < -0.3 is 16.2 Å². The van der Waals surface area contributed by atoms with Gasteiger partial charge in [0.2, 0.25) is 5.91 Å². The Hall–Kier alpha value is -1.47. The van der Waals surface area contributed by atoms with Crippen molar-refractivity contribution in [3.63, 3.8) is 0 Å². The van der Waals surface area contributed by atoms with Crippen molar-refractivity contribution in [3.05, 3.63) is 11.3 Å². The van der Waals surface area contributed by atoms with E-state index in [1.165, 1.54) is 13.8 Å². The number of aromatic carboxylic acids is 1. The van der Waals surface area contributed by atoms with Crippen molar-refractivity contribution in [2.45, 2.75) is 26.3 Å². The second-order valence-electron chi connectivity index (χ2n) is 3.95. The lowest BCUT2D eigenvalue weighted by Gasteiger charge is -2.16. The second-order valence-corrected chi connectivity index (χ2v) is 4.73. The van der Waals surface area contributed by atoms with Crippen LogP contribution in [-0.4, -0.2) is 26.9 Å². The molecule has 7 heteroatoms. The zero-order chi connectivity index (χ0) is 12.5. The van der Waals surface area contributed by atoms with E-state index in [9.17, 15) is 9.59 Å². The van der Waals surface area contributed by atoms with Gasteiger partial charge in [0.15, 0.2) is 0 Å². The highest BCUT2D eigenvalue weighted by Gasteiger charge is 2.25. The Morgan fingerprint density at radius 1 is 1.50 bits per heavy atom. The number of carbonyl (C=O) groups is 2. The number of amides is 1. The highest BCUT2D eigenvalue weighted by Crippen LogP contribution is 2.24. The van der Waals surface area contributed by atoms with Crippen LogP contribution in [0.3, 0.4) is 0 Å². The molecule has 0 spiro atoms. The van der Waals surface area contributed by atoms with Crippen molar-refractivity contribution >= 4 is 28.4 Å². The zero-order valence-corrected chi connectivity index (χ0v) is 10.0. The first-order valence-corrected chi connectivity index (χ1v) is 5.30. The van der Waals surface area contributed by atoms with E-state index < -0.39 is 17.4 Å². The third-order valence-electron chi connectivity index (χ3n) is 1.89. The molecule has 1 aromatic heterocycles. The number of hydrogen-bond donors (Lipinski definition) is 3. The number of aromatic nitrogens is 1. The SMILES string of the molecule is Cc1nsc(NC(=O)C(C)(C)N)c1C(=O)O. The summed E-state index contributed by atoms with van der Waals surface area (Å²) in [5.41, 5.74) is 4.92. The molecule has 0 saturated heterocycles. The lowest BCUT2D eigenvalue weighted by molar-refractivity contribution is -0.120. The average Bonchev–Trinajstić information content (AvgIpc) is 2.45. The van der Waals surface area contributed by atoms with Crippen LogP contribution in [0.2, 0.25) is 0 Å². The fourth-order valence-corrected chi connectivity index (χ4v) is 1.76. The standard InChI is InChI=1S/C9H13N3O3S/c1-4-5(7(13)14)6(16-12-4)11-8(15)9(2,3)10/h10H2,1-3H3,(H,11,15)(H,13,14). The molecule has 0 fully saturated rings. The first-order chi connectivity index (χ1) is 7.23. The van der Waals surface area contributed by atoms with Gasteiger partial charge in [-0.05, 0) is 32.3 Å². The van der Waals surface area contributed by atoms with Crippen LogP contribution >= 0.6 is 11.5 Å². The molecule has 0 aliphatic heterocycles. The molecule has 88 valence electrons. The number of nitrogens with zero attached hydrogens (tertiary/aromatic N) is 1. The zero-order valence-electron chi connectivity index (χ0n) is 9.20. The number of carbonyl (C=O) groups excluding carboxylic acids is 1. The van der Waals surface area contributed by atoms with Gasteiger partial charge in [-0.1, -0.05) is 0 Å². The summed E-state index contributed by atoms with van der Waals surface area (Å²) in [6.45, 7) is 4.65. The van der Waals surface area contributed by atoms with Gasteiger partial charge in [-0.25, -0.2) is 4.79 Å². The number of carboxylic acid groups (broad SMARTS) is 1. The molecule has 0 saturated carbocycles. The van der Waals surface area contributed by atoms with E-state index in [-0.39, 0.29) is 10.6 Å². The molecule has 1 heterocycles. The van der Waals surface area contributed by atoms with E-state index in [4.69, 9.17) is 10.8 Å². The largest absolute Gasteiger partial charge is 0.478 e. The smallest absolute Gasteiger partial charge is 0.340 e. The fourth-order valence-electron chi connectivity index (χ4n) is 0.971. The second kappa shape index (κ2) is 4.18. The minimum Gasteiger partial charge on any atom is -0.478 e. The molecule has 0 radical (unpaired) electrons. The monoisotopic (exact) mass is 243 g/mol. The maximum atomic E-state index is 11.6. The van der Waals surface area contributed by atoms with Gasteiger partial charge >= 0.3 is 5.97 Å². The fraction of sp³-hybridized carbons (Fsp3) is 0.444. The van der Waals surface area contributed by atoms with Crippen LogP contribution in [0.1, 0.15) is 29.9 Å². The molecule has 0 bridgehead atoms. The third-order valence-corrected chi connectivity index (χ3v) is 2.74. The van der Waals surface area contributed by atoms with Crippen LogP contribution in [-0.2, 0) is 4.79 Å². The number of anilines is 1. The van der Waals surface area contributed by atoms with Gasteiger partial charge in [0.1, 0.15) is 10.6 Å². The highest BCUT2D eigenvalue weighted by molar-refractivity contribution is 7.11. The minimum absolute atomic E-state index is 0.0163. The molecule has 0 aliphatic rings. The summed E-state index contributed by atoms with van der Waals surface area (Å²) in [6.07, 6.45) is 0. The van der Waals surface area contributed by atoms with Crippen molar-refractivity contribution in [1.82, 2.24) is 4.37 Å². The number of nitrogens with one attached hydrogen (secondary N) is 1. The molecule has 6 nitrogen and oxygen atoms in total. The highest BCUT2D eigenvalue weighted by atomic mass is 32.1. The van der Waals surface area contributed by atoms with Gasteiger partial charge in [-0.15, -0.1) is 0 Å². The molecule has 4 N–H and O–H groups in total. The number of hydrogen-bond acceptors (Lipinski definition) is 5. The Labute approximate surface area is 96.6 Å². The number of aryl methyl sites for hydroxylation is 1. The third kappa shape index (κ3) is 2.56. The predicted molar refractivity (Wildman–Crippen MR) is 60.7 cm³/mol. The van der Waals surface area contributed by atoms with Crippen LogP contribution in [0, 0.1) is 6.92 Å². The van der Waals surface area contributed by atoms with Crippen molar-refractivity contribution < 1.29 is 14.7 Å². The van der Waals surface area contributed by atoms with E-state index in [0.29, 0.717) is 5.69 Å². The summed E-state index contributed by atoms with van der Waals surface area (Å²) in [6, 6.07) is 0.